The normalized spacial score (nSPS) is 18.2. The Morgan fingerprint density at radius 2 is 2.00 bits per heavy atom. The van der Waals surface area contributed by atoms with Gasteiger partial charge in [0.15, 0.2) is 0 Å². The van der Waals surface area contributed by atoms with E-state index >= 15 is 0 Å². The molecule has 0 saturated carbocycles. The second-order valence-electron chi connectivity index (χ2n) is 7.01. The Labute approximate surface area is 148 Å². The van der Waals surface area contributed by atoms with Crippen molar-refractivity contribution in [3.63, 3.8) is 0 Å². The fourth-order valence-electron chi connectivity index (χ4n) is 3.68. The molecule has 0 bridgehead atoms. The van der Waals surface area contributed by atoms with Crippen LogP contribution in [0.5, 0.6) is 0 Å². The molecule has 24 heavy (non-hydrogen) atoms. The number of hydrogen-bond acceptors (Lipinski definition) is 3. The molecule has 3 heteroatoms. The third kappa shape index (κ3) is 3.12. The molecule has 1 atom stereocenters. The van der Waals surface area contributed by atoms with E-state index in [-0.39, 0.29) is 0 Å². The highest BCUT2D eigenvalue weighted by Crippen LogP contribution is 2.35. The van der Waals surface area contributed by atoms with Crippen LogP contribution in [-0.2, 0) is 6.54 Å². The fraction of sp³-hybridized carbons (Fsp3) is 0.333. The molecule has 0 fully saturated rings. The lowest BCUT2D eigenvalue weighted by atomic mass is 9.84. The SMILES string of the molecule is CN(C)CCN1Cc2ccccc2C(c2ccc3sccc3c2)C1. The molecule has 0 saturated heterocycles. The van der Waals surface area contributed by atoms with Crippen molar-refractivity contribution in [1.82, 2.24) is 9.80 Å². The van der Waals surface area contributed by atoms with E-state index in [1.54, 1.807) is 0 Å². The second-order valence-corrected chi connectivity index (χ2v) is 7.96. The van der Waals surface area contributed by atoms with Gasteiger partial charge in [0, 0.05) is 36.8 Å². The number of benzene rings is 2. The summed E-state index contributed by atoms with van der Waals surface area (Å²) in [4.78, 5) is 4.87. The average Bonchev–Trinajstić information content (AvgIpc) is 3.07. The molecule has 124 valence electrons. The zero-order chi connectivity index (χ0) is 16.5. The summed E-state index contributed by atoms with van der Waals surface area (Å²) in [7, 11) is 4.31. The summed E-state index contributed by atoms with van der Waals surface area (Å²) in [6.07, 6.45) is 0. The standard InChI is InChI=1S/C21H24N2S/c1-22(2)10-11-23-14-18-5-3-4-6-19(18)20(15-23)16-7-8-21-17(13-16)9-12-24-21/h3-9,12-13,20H,10-11,14-15H2,1-2H3. The first kappa shape index (κ1) is 15.8. The Balaban J connectivity index is 1.69. The van der Waals surface area contributed by atoms with Crippen molar-refractivity contribution >= 4 is 21.4 Å². The van der Waals surface area contributed by atoms with E-state index in [1.165, 1.54) is 26.8 Å². The summed E-state index contributed by atoms with van der Waals surface area (Å²) in [5.74, 6) is 0.474. The minimum atomic E-state index is 0.474. The van der Waals surface area contributed by atoms with E-state index < -0.39 is 0 Å². The Hall–Kier alpha value is -1.68. The fourth-order valence-corrected chi connectivity index (χ4v) is 4.45. The number of rotatable bonds is 4. The van der Waals surface area contributed by atoms with Gasteiger partial charge in [0.2, 0.25) is 0 Å². The Bertz CT molecular complexity index is 836. The lowest BCUT2D eigenvalue weighted by Crippen LogP contribution is -2.38. The Kier molecular flexibility index (Phi) is 4.40. The number of nitrogens with zero attached hydrogens (tertiary/aromatic N) is 2. The maximum atomic E-state index is 2.60. The molecule has 2 aromatic carbocycles. The molecule has 0 spiro atoms. The van der Waals surface area contributed by atoms with Gasteiger partial charge in [0.05, 0.1) is 0 Å². The van der Waals surface area contributed by atoms with Crippen molar-refractivity contribution in [2.75, 3.05) is 33.7 Å². The maximum absolute atomic E-state index is 2.60. The summed E-state index contributed by atoms with van der Waals surface area (Å²) in [6.45, 7) is 4.42. The van der Waals surface area contributed by atoms with Crippen LogP contribution in [0.15, 0.2) is 53.9 Å². The maximum Gasteiger partial charge on any atom is 0.0342 e. The van der Waals surface area contributed by atoms with Crippen LogP contribution in [-0.4, -0.2) is 43.5 Å². The molecule has 4 rings (SSSR count). The quantitative estimate of drug-likeness (QED) is 0.696. The Morgan fingerprint density at radius 3 is 2.88 bits per heavy atom. The highest BCUT2D eigenvalue weighted by molar-refractivity contribution is 7.17. The lowest BCUT2D eigenvalue weighted by molar-refractivity contribution is 0.215. The monoisotopic (exact) mass is 336 g/mol. The molecule has 1 aliphatic heterocycles. The lowest BCUT2D eigenvalue weighted by Gasteiger charge is -2.35. The molecule has 0 amide bonds. The van der Waals surface area contributed by atoms with Crippen LogP contribution < -0.4 is 0 Å². The van der Waals surface area contributed by atoms with E-state index in [2.05, 4.69) is 77.8 Å². The van der Waals surface area contributed by atoms with Gasteiger partial charge in [-0.25, -0.2) is 0 Å². The van der Waals surface area contributed by atoms with Crippen molar-refractivity contribution in [3.8, 4) is 0 Å². The first-order valence-corrected chi connectivity index (χ1v) is 9.51. The second kappa shape index (κ2) is 6.67. The number of likely N-dealkylation sites (N-methyl/N-ethyl adjacent to an activating group) is 1. The smallest absolute Gasteiger partial charge is 0.0342 e. The molecule has 1 aromatic heterocycles. The van der Waals surface area contributed by atoms with E-state index in [0.717, 1.165) is 26.2 Å². The van der Waals surface area contributed by atoms with Gasteiger partial charge in [-0.05, 0) is 59.8 Å². The largest absolute Gasteiger partial charge is 0.308 e. The van der Waals surface area contributed by atoms with Gasteiger partial charge in [-0.3, -0.25) is 4.90 Å². The molecule has 1 aliphatic rings. The predicted octanol–water partition coefficient (Wildman–Crippen LogP) is 4.41. The molecule has 1 unspecified atom stereocenters. The molecule has 2 heterocycles. The van der Waals surface area contributed by atoms with Gasteiger partial charge < -0.3 is 4.90 Å². The molecule has 0 radical (unpaired) electrons. The zero-order valence-corrected chi connectivity index (χ0v) is 15.2. The molecular weight excluding hydrogens is 312 g/mol. The van der Waals surface area contributed by atoms with Crippen LogP contribution in [0.25, 0.3) is 10.1 Å². The number of thiophene rings is 1. The number of fused-ring (bicyclic) bond motifs is 2. The van der Waals surface area contributed by atoms with Gasteiger partial charge in [-0.1, -0.05) is 30.3 Å². The van der Waals surface area contributed by atoms with Gasteiger partial charge in [0.25, 0.3) is 0 Å². The first-order chi connectivity index (χ1) is 11.7. The average molecular weight is 337 g/mol. The molecule has 0 N–H and O–H groups in total. The van der Waals surface area contributed by atoms with Crippen LogP contribution >= 0.6 is 11.3 Å². The summed E-state index contributed by atoms with van der Waals surface area (Å²) in [6, 6.07) is 18.2. The van der Waals surface area contributed by atoms with Gasteiger partial charge in [-0.15, -0.1) is 11.3 Å². The highest BCUT2D eigenvalue weighted by atomic mass is 32.1. The molecule has 2 nitrogen and oxygen atoms in total. The van der Waals surface area contributed by atoms with E-state index in [0.29, 0.717) is 5.92 Å². The van der Waals surface area contributed by atoms with Gasteiger partial charge >= 0.3 is 0 Å². The third-order valence-electron chi connectivity index (χ3n) is 5.01. The highest BCUT2D eigenvalue weighted by Gasteiger charge is 2.26. The van der Waals surface area contributed by atoms with E-state index in [4.69, 9.17) is 0 Å². The zero-order valence-electron chi connectivity index (χ0n) is 14.4. The first-order valence-electron chi connectivity index (χ1n) is 8.63. The van der Waals surface area contributed by atoms with Crippen molar-refractivity contribution in [3.05, 3.63) is 70.6 Å². The van der Waals surface area contributed by atoms with Crippen molar-refractivity contribution in [1.29, 1.82) is 0 Å². The summed E-state index contributed by atoms with van der Waals surface area (Å²) in [5, 5.41) is 3.56. The van der Waals surface area contributed by atoms with Crippen LogP contribution in [0.4, 0.5) is 0 Å². The van der Waals surface area contributed by atoms with Crippen LogP contribution in [0.1, 0.15) is 22.6 Å². The van der Waals surface area contributed by atoms with Crippen LogP contribution in [0.2, 0.25) is 0 Å². The topological polar surface area (TPSA) is 6.48 Å². The van der Waals surface area contributed by atoms with Crippen molar-refractivity contribution in [2.45, 2.75) is 12.5 Å². The number of hydrogen-bond donors (Lipinski definition) is 0. The molecule has 0 aliphatic carbocycles. The van der Waals surface area contributed by atoms with Gasteiger partial charge in [0.1, 0.15) is 0 Å². The van der Waals surface area contributed by atoms with E-state index in [1.807, 2.05) is 11.3 Å². The van der Waals surface area contributed by atoms with Crippen LogP contribution in [0.3, 0.4) is 0 Å². The summed E-state index contributed by atoms with van der Waals surface area (Å²) in [5.41, 5.74) is 4.44. The van der Waals surface area contributed by atoms with Crippen molar-refractivity contribution in [2.24, 2.45) is 0 Å². The third-order valence-corrected chi connectivity index (χ3v) is 5.91. The summed E-state index contributed by atoms with van der Waals surface area (Å²) >= 11 is 1.82. The minimum Gasteiger partial charge on any atom is -0.308 e. The Morgan fingerprint density at radius 1 is 1.12 bits per heavy atom. The predicted molar refractivity (Wildman–Crippen MR) is 104 cm³/mol. The van der Waals surface area contributed by atoms with Crippen LogP contribution in [0, 0.1) is 0 Å². The van der Waals surface area contributed by atoms with E-state index in [9.17, 15) is 0 Å². The minimum absolute atomic E-state index is 0.474. The summed E-state index contributed by atoms with van der Waals surface area (Å²) < 4.78 is 1.38. The molecular formula is C21H24N2S. The van der Waals surface area contributed by atoms with Gasteiger partial charge in [-0.2, -0.15) is 0 Å². The molecule has 3 aromatic rings. The van der Waals surface area contributed by atoms with Crippen molar-refractivity contribution < 1.29 is 0 Å².